The van der Waals surface area contributed by atoms with Crippen molar-refractivity contribution >= 4 is 16.0 Å². The third-order valence-corrected chi connectivity index (χ3v) is 5.20. The molecule has 9 heteroatoms. The van der Waals surface area contributed by atoms with Crippen molar-refractivity contribution in [2.24, 2.45) is 0 Å². The van der Waals surface area contributed by atoms with Gasteiger partial charge in [-0.3, -0.25) is 14.5 Å². The largest absolute Gasteiger partial charge is 0.468 e. The fraction of sp³-hybridized carbons (Fsp3) is 0.500. The number of esters is 1. The van der Waals surface area contributed by atoms with Crippen LogP contribution in [0.4, 0.5) is 0 Å². The summed E-state index contributed by atoms with van der Waals surface area (Å²) in [5.41, 5.74) is -0.350. The highest BCUT2D eigenvalue weighted by atomic mass is 32.2. The lowest BCUT2D eigenvalue weighted by atomic mass is 10.3. The first kappa shape index (κ1) is 15.7. The van der Waals surface area contributed by atoms with Crippen LogP contribution in [-0.2, 0) is 19.6 Å². The summed E-state index contributed by atoms with van der Waals surface area (Å²) in [4.78, 5) is 26.4. The summed E-state index contributed by atoms with van der Waals surface area (Å²) in [5, 5.41) is 0. The molecule has 0 aromatic carbocycles. The Balaban J connectivity index is 2.02. The molecule has 116 valence electrons. The first-order valence-corrected chi connectivity index (χ1v) is 7.85. The molecule has 1 fully saturated rings. The van der Waals surface area contributed by atoms with Crippen molar-refractivity contribution in [3.63, 3.8) is 0 Å². The minimum absolute atomic E-state index is 0.0588. The average molecular weight is 315 g/mol. The summed E-state index contributed by atoms with van der Waals surface area (Å²) in [7, 11) is -2.30. The second-order valence-corrected chi connectivity index (χ2v) is 6.58. The molecule has 1 N–H and O–H groups in total. The van der Waals surface area contributed by atoms with E-state index in [1.807, 2.05) is 4.90 Å². The molecule has 8 nitrogen and oxygen atoms in total. The molecular formula is C12H17N3O5S. The van der Waals surface area contributed by atoms with E-state index in [1.54, 1.807) is 0 Å². The molecule has 0 radical (unpaired) electrons. The number of aromatic amines is 1. The molecule has 1 aliphatic heterocycles. The predicted octanol–water partition coefficient (Wildman–Crippen LogP) is -1.15. The first-order chi connectivity index (χ1) is 9.93. The summed E-state index contributed by atoms with van der Waals surface area (Å²) in [6.07, 6.45) is 1.19. The Kier molecular flexibility index (Phi) is 4.76. The molecule has 2 rings (SSSR count). The summed E-state index contributed by atoms with van der Waals surface area (Å²) in [6.45, 7) is 1.65. The van der Waals surface area contributed by atoms with Crippen LogP contribution in [0, 0.1) is 0 Å². The van der Waals surface area contributed by atoms with Crippen LogP contribution in [0.1, 0.15) is 0 Å². The number of hydrogen-bond acceptors (Lipinski definition) is 6. The molecule has 1 saturated heterocycles. The van der Waals surface area contributed by atoms with Gasteiger partial charge in [0.2, 0.25) is 15.6 Å². The van der Waals surface area contributed by atoms with Gasteiger partial charge in [0.15, 0.2) is 0 Å². The van der Waals surface area contributed by atoms with Gasteiger partial charge in [-0.15, -0.1) is 0 Å². The highest BCUT2D eigenvalue weighted by molar-refractivity contribution is 7.89. The van der Waals surface area contributed by atoms with E-state index in [0.29, 0.717) is 26.2 Å². The van der Waals surface area contributed by atoms with E-state index in [-0.39, 0.29) is 23.0 Å². The van der Waals surface area contributed by atoms with Crippen molar-refractivity contribution in [1.82, 2.24) is 14.2 Å². The number of methoxy groups -OCH3 is 1. The Morgan fingerprint density at radius 1 is 1.29 bits per heavy atom. The van der Waals surface area contributed by atoms with E-state index >= 15 is 0 Å². The van der Waals surface area contributed by atoms with Gasteiger partial charge in [-0.25, -0.2) is 8.42 Å². The number of rotatable bonds is 4. The van der Waals surface area contributed by atoms with Crippen LogP contribution < -0.4 is 5.56 Å². The number of H-pyrrole nitrogens is 1. The molecule has 1 aliphatic rings. The number of pyridine rings is 1. The van der Waals surface area contributed by atoms with E-state index < -0.39 is 10.0 Å². The maximum Gasteiger partial charge on any atom is 0.319 e. The van der Waals surface area contributed by atoms with Crippen molar-refractivity contribution < 1.29 is 17.9 Å². The fourth-order valence-corrected chi connectivity index (χ4v) is 3.47. The van der Waals surface area contributed by atoms with E-state index in [2.05, 4.69) is 9.72 Å². The van der Waals surface area contributed by atoms with Crippen molar-refractivity contribution in [3.05, 3.63) is 28.7 Å². The molecular weight excluding hydrogens is 298 g/mol. The SMILES string of the molecule is COC(=O)CN1CCN(S(=O)(=O)c2ccc(=O)[nH]c2)CC1. The van der Waals surface area contributed by atoms with Gasteiger partial charge < -0.3 is 9.72 Å². The van der Waals surface area contributed by atoms with Gasteiger partial charge in [0, 0.05) is 38.4 Å². The van der Waals surface area contributed by atoms with Gasteiger partial charge in [-0.2, -0.15) is 4.31 Å². The lowest BCUT2D eigenvalue weighted by Gasteiger charge is -2.33. The zero-order valence-corrected chi connectivity index (χ0v) is 12.4. The molecule has 0 saturated carbocycles. The molecule has 1 aromatic heterocycles. The molecule has 0 bridgehead atoms. The second-order valence-electron chi connectivity index (χ2n) is 4.64. The Hall–Kier alpha value is -1.71. The zero-order chi connectivity index (χ0) is 15.5. The van der Waals surface area contributed by atoms with E-state index in [9.17, 15) is 18.0 Å². The Morgan fingerprint density at radius 2 is 1.95 bits per heavy atom. The third-order valence-electron chi connectivity index (χ3n) is 3.31. The third kappa shape index (κ3) is 3.69. The van der Waals surface area contributed by atoms with Crippen LogP contribution in [0.25, 0.3) is 0 Å². The monoisotopic (exact) mass is 315 g/mol. The smallest absolute Gasteiger partial charge is 0.319 e. The number of nitrogens with zero attached hydrogens (tertiary/aromatic N) is 2. The van der Waals surface area contributed by atoms with Crippen molar-refractivity contribution in [1.29, 1.82) is 0 Å². The highest BCUT2D eigenvalue weighted by Crippen LogP contribution is 2.15. The van der Waals surface area contributed by atoms with Gasteiger partial charge in [-0.05, 0) is 6.07 Å². The molecule has 2 heterocycles. The number of hydrogen-bond donors (Lipinski definition) is 1. The zero-order valence-electron chi connectivity index (χ0n) is 11.6. The van der Waals surface area contributed by atoms with Crippen LogP contribution in [0.3, 0.4) is 0 Å². The van der Waals surface area contributed by atoms with Crippen LogP contribution in [0.15, 0.2) is 28.0 Å². The number of piperazine rings is 1. The molecule has 0 aliphatic carbocycles. The van der Waals surface area contributed by atoms with Gasteiger partial charge in [0.25, 0.3) is 0 Å². The summed E-state index contributed by atoms with van der Waals surface area (Å²) < 4.78 is 30.7. The molecule has 21 heavy (non-hydrogen) atoms. The highest BCUT2D eigenvalue weighted by Gasteiger charge is 2.29. The Bertz CT molecular complexity index is 641. The van der Waals surface area contributed by atoms with Crippen LogP contribution in [0.5, 0.6) is 0 Å². The van der Waals surface area contributed by atoms with Gasteiger partial charge in [0.05, 0.1) is 18.6 Å². The van der Waals surface area contributed by atoms with Gasteiger partial charge >= 0.3 is 5.97 Å². The van der Waals surface area contributed by atoms with Crippen molar-refractivity contribution in [3.8, 4) is 0 Å². The quantitative estimate of drug-likeness (QED) is 0.705. The van der Waals surface area contributed by atoms with Crippen LogP contribution in [0.2, 0.25) is 0 Å². The number of nitrogens with one attached hydrogen (secondary N) is 1. The average Bonchev–Trinajstić information content (AvgIpc) is 2.48. The number of aromatic nitrogens is 1. The molecule has 0 unspecified atom stereocenters. The Morgan fingerprint density at radius 3 is 2.48 bits per heavy atom. The molecule has 0 amide bonds. The van der Waals surface area contributed by atoms with Crippen molar-refractivity contribution in [2.75, 3.05) is 39.8 Å². The normalized spacial score (nSPS) is 17.6. The molecule has 0 spiro atoms. The van der Waals surface area contributed by atoms with E-state index in [0.717, 1.165) is 0 Å². The minimum atomic E-state index is -3.62. The fourth-order valence-electron chi connectivity index (χ4n) is 2.08. The number of carbonyl (C=O) groups is 1. The first-order valence-electron chi connectivity index (χ1n) is 6.41. The van der Waals surface area contributed by atoms with Crippen LogP contribution >= 0.6 is 0 Å². The lowest BCUT2D eigenvalue weighted by Crippen LogP contribution is -2.49. The Labute approximate surface area is 122 Å². The maximum absolute atomic E-state index is 12.4. The molecule has 0 atom stereocenters. The topological polar surface area (TPSA) is 99.8 Å². The van der Waals surface area contributed by atoms with E-state index in [4.69, 9.17) is 0 Å². The number of sulfonamides is 1. The number of ether oxygens (including phenoxy) is 1. The van der Waals surface area contributed by atoms with E-state index in [1.165, 1.54) is 29.7 Å². The maximum atomic E-state index is 12.4. The standard InChI is InChI=1S/C12H17N3O5S/c1-20-12(17)9-14-4-6-15(7-5-14)21(18,19)10-2-3-11(16)13-8-10/h2-3,8H,4-7,9H2,1H3,(H,13,16). The second kappa shape index (κ2) is 6.37. The van der Waals surface area contributed by atoms with Crippen molar-refractivity contribution in [2.45, 2.75) is 4.90 Å². The number of carbonyl (C=O) groups excluding carboxylic acids is 1. The molecule has 1 aromatic rings. The van der Waals surface area contributed by atoms with Gasteiger partial charge in [-0.1, -0.05) is 0 Å². The summed E-state index contributed by atoms with van der Waals surface area (Å²) >= 11 is 0. The summed E-state index contributed by atoms with van der Waals surface area (Å²) in [5.74, 6) is -0.341. The minimum Gasteiger partial charge on any atom is -0.468 e. The van der Waals surface area contributed by atoms with Crippen LogP contribution in [-0.4, -0.2) is 68.4 Å². The van der Waals surface area contributed by atoms with Gasteiger partial charge in [0.1, 0.15) is 0 Å². The lowest BCUT2D eigenvalue weighted by molar-refractivity contribution is -0.142. The predicted molar refractivity (Wildman–Crippen MR) is 74.3 cm³/mol. The summed E-state index contributed by atoms with van der Waals surface area (Å²) in [6, 6.07) is 2.47.